The average molecular weight is 419 g/mol. The van der Waals surface area contributed by atoms with Crippen molar-refractivity contribution >= 4 is 34.8 Å². The maximum Gasteiger partial charge on any atom is 0.258 e. The molecule has 2 amide bonds. The Morgan fingerprint density at radius 1 is 0.967 bits per heavy atom. The van der Waals surface area contributed by atoms with Crippen molar-refractivity contribution in [2.24, 2.45) is 0 Å². The average Bonchev–Trinajstić information content (AvgIpc) is 2.74. The van der Waals surface area contributed by atoms with Crippen molar-refractivity contribution in [2.45, 2.75) is 32.4 Å². The quantitative estimate of drug-likeness (QED) is 0.533. The monoisotopic (exact) mass is 418 g/mol. The van der Waals surface area contributed by atoms with E-state index in [-0.39, 0.29) is 23.9 Å². The molecule has 4 nitrogen and oxygen atoms in total. The number of halogens is 1. The third-order valence-electron chi connectivity index (χ3n) is 5.54. The van der Waals surface area contributed by atoms with Gasteiger partial charge in [0, 0.05) is 34.9 Å². The zero-order valence-electron chi connectivity index (χ0n) is 17.0. The summed E-state index contributed by atoms with van der Waals surface area (Å²) in [5.41, 5.74) is 3.19. The van der Waals surface area contributed by atoms with E-state index in [0.717, 1.165) is 16.9 Å². The van der Waals surface area contributed by atoms with Crippen molar-refractivity contribution in [1.82, 2.24) is 0 Å². The number of fused-ring (bicyclic) bond motifs is 1. The maximum absolute atomic E-state index is 13.4. The lowest BCUT2D eigenvalue weighted by molar-refractivity contribution is -0.117. The Morgan fingerprint density at radius 2 is 1.67 bits per heavy atom. The number of carbonyl (C=O) groups excluding carboxylic acids is 2. The highest BCUT2D eigenvalue weighted by molar-refractivity contribution is 6.31. The number of amides is 2. The molecule has 3 aromatic carbocycles. The molecular formula is C25H23ClN2O2. The molecule has 3 aromatic rings. The van der Waals surface area contributed by atoms with E-state index in [1.807, 2.05) is 71.3 Å². The number of hydrogen-bond donors (Lipinski definition) is 0. The van der Waals surface area contributed by atoms with Crippen LogP contribution in [0.5, 0.6) is 0 Å². The Hall–Kier alpha value is -3.11. The van der Waals surface area contributed by atoms with E-state index in [9.17, 15) is 9.59 Å². The van der Waals surface area contributed by atoms with Gasteiger partial charge >= 0.3 is 0 Å². The highest BCUT2D eigenvalue weighted by Crippen LogP contribution is 2.42. The summed E-state index contributed by atoms with van der Waals surface area (Å²) in [6, 6.07) is 24.3. The van der Waals surface area contributed by atoms with E-state index >= 15 is 0 Å². The van der Waals surface area contributed by atoms with Gasteiger partial charge in [-0.2, -0.15) is 0 Å². The van der Waals surface area contributed by atoms with Gasteiger partial charge in [0.25, 0.3) is 5.91 Å². The molecule has 0 saturated carbocycles. The zero-order valence-corrected chi connectivity index (χ0v) is 17.7. The summed E-state index contributed by atoms with van der Waals surface area (Å²) in [4.78, 5) is 29.7. The highest BCUT2D eigenvalue weighted by Gasteiger charge is 2.38. The van der Waals surface area contributed by atoms with Crippen LogP contribution < -0.4 is 9.80 Å². The first kappa shape index (κ1) is 20.2. The molecule has 0 bridgehead atoms. The second-order valence-corrected chi connectivity index (χ2v) is 8.01. The number of para-hydroxylation sites is 2. The van der Waals surface area contributed by atoms with Crippen LogP contribution in [0.4, 0.5) is 11.4 Å². The van der Waals surface area contributed by atoms with Crippen LogP contribution in [0.15, 0.2) is 78.9 Å². The third kappa shape index (κ3) is 3.71. The Labute approximate surface area is 181 Å². The number of hydrogen-bond acceptors (Lipinski definition) is 2. The van der Waals surface area contributed by atoms with Gasteiger partial charge in [0.1, 0.15) is 0 Å². The maximum atomic E-state index is 13.4. The number of benzene rings is 3. The van der Waals surface area contributed by atoms with Crippen LogP contribution in [0.2, 0.25) is 5.02 Å². The first-order chi connectivity index (χ1) is 14.5. The summed E-state index contributed by atoms with van der Waals surface area (Å²) in [5, 5.41) is 0.531. The summed E-state index contributed by atoms with van der Waals surface area (Å²) in [7, 11) is 0. The Balaban J connectivity index is 1.79. The summed E-state index contributed by atoms with van der Waals surface area (Å²) < 4.78 is 0. The lowest BCUT2D eigenvalue weighted by atomic mass is 9.89. The van der Waals surface area contributed by atoms with Crippen molar-refractivity contribution in [3.63, 3.8) is 0 Å². The number of anilines is 2. The molecule has 4 rings (SSSR count). The van der Waals surface area contributed by atoms with Gasteiger partial charge in [-0.05, 0) is 55.3 Å². The molecule has 30 heavy (non-hydrogen) atoms. The Morgan fingerprint density at radius 3 is 2.37 bits per heavy atom. The van der Waals surface area contributed by atoms with Gasteiger partial charge in [0.15, 0.2) is 0 Å². The van der Waals surface area contributed by atoms with E-state index in [2.05, 4.69) is 0 Å². The second kappa shape index (κ2) is 8.33. The van der Waals surface area contributed by atoms with Gasteiger partial charge in [-0.1, -0.05) is 54.1 Å². The molecular weight excluding hydrogens is 396 g/mol. The second-order valence-electron chi connectivity index (χ2n) is 7.57. The van der Waals surface area contributed by atoms with E-state index in [0.29, 0.717) is 17.0 Å². The van der Waals surface area contributed by atoms with Crippen molar-refractivity contribution < 1.29 is 9.59 Å². The van der Waals surface area contributed by atoms with E-state index in [1.165, 1.54) is 0 Å². The van der Waals surface area contributed by atoms with E-state index in [4.69, 9.17) is 11.6 Å². The fraction of sp³-hybridized carbons (Fsp3) is 0.200. The number of nitrogens with zero attached hydrogens (tertiary/aromatic N) is 2. The number of carbonyl (C=O) groups is 2. The van der Waals surface area contributed by atoms with Gasteiger partial charge < -0.3 is 9.80 Å². The van der Waals surface area contributed by atoms with Gasteiger partial charge in [0.05, 0.1) is 6.04 Å². The SMILES string of the molecule is CC(=O)N(c1ccccc1)[C@@H]1C[C@@H](C)N(C(=O)c2cccc(Cl)c2)c2ccccc21. The summed E-state index contributed by atoms with van der Waals surface area (Å²) in [5.74, 6) is -0.118. The Bertz CT molecular complexity index is 1080. The predicted octanol–water partition coefficient (Wildman–Crippen LogP) is 5.87. The van der Waals surface area contributed by atoms with Crippen molar-refractivity contribution in [3.05, 3.63) is 95.0 Å². The molecule has 0 aromatic heterocycles. The normalized spacial score (nSPS) is 17.9. The van der Waals surface area contributed by atoms with Gasteiger partial charge in [-0.15, -0.1) is 0 Å². The first-order valence-corrected chi connectivity index (χ1v) is 10.4. The van der Waals surface area contributed by atoms with Crippen LogP contribution in [0.1, 0.15) is 42.2 Å². The smallest absolute Gasteiger partial charge is 0.258 e. The highest BCUT2D eigenvalue weighted by atomic mass is 35.5. The van der Waals surface area contributed by atoms with Crippen LogP contribution in [-0.2, 0) is 4.79 Å². The van der Waals surface area contributed by atoms with E-state index < -0.39 is 0 Å². The van der Waals surface area contributed by atoms with Crippen LogP contribution in [0.25, 0.3) is 0 Å². The molecule has 0 spiro atoms. The molecule has 1 aliphatic rings. The largest absolute Gasteiger partial charge is 0.305 e. The predicted molar refractivity (Wildman–Crippen MR) is 121 cm³/mol. The molecule has 0 aliphatic carbocycles. The summed E-state index contributed by atoms with van der Waals surface area (Å²) in [6.07, 6.45) is 0.637. The first-order valence-electron chi connectivity index (χ1n) is 10.00. The molecule has 1 heterocycles. The summed E-state index contributed by atoms with van der Waals surface area (Å²) in [6.45, 7) is 3.61. The van der Waals surface area contributed by atoms with Gasteiger partial charge in [-0.25, -0.2) is 0 Å². The standard InChI is InChI=1S/C25H23ClN2O2/c1-17-15-24(28(18(2)29)21-11-4-3-5-12-21)22-13-6-7-14-23(22)27(17)25(30)19-9-8-10-20(26)16-19/h3-14,16-17,24H,15H2,1-2H3/t17-,24-/m1/s1. The zero-order chi connectivity index (χ0) is 21.3. The van der Waals surface area contributed by atoms with Crippen molar-refractivity contribution in [1.29, 1.82) is 0 Å². The number of rotatable bonds is 3. The van der Waals surface area contributed by atoms with Crippen molar-refractivity contribution in [3.8, 4) is 0 Å². The molecule has 2 atom stereocenters. The molecule has 0 saturated heterocycles. The third-order valence-corrected chi connectivity index (χ3v) is 5.77. The lowest BCUT2D eigenvalue weighted by Gasteiger charge is -2.43. The van der Waals surface area contributed by atoms with E-state index in [1.54, 1.807) is 31.2 Å². The molecule has 0 unspecified atom stereocenters. The molecule has 1 aliphatic heterocycles. The van der Waals surface area contributed by atoms with Gasteiger partial charge in [0.2, 0.25) is 5.91 Å². The minimum atomic E-state index is -0.153. The van der Waals surface area contributed by atoms with Crippen LogP contribution in [0.3, 0.4) is 0 Å². The van der Waals surface area contributed by atoms with Gasteiger partial charge in [-0.3, -0.25) is 9.59 Å². The van der Waals surface area contributed by atoms with Crippen LogP contribution >= 0.6 is 11.6 Å². The molecule has 0 radical (unpaired) electrons. The lowest BCUT2D eigenvalue weighted by Crippen LogP contribution is -2.47. The van der Waals surface area contributed by atoms with Crippen molar-refractivity contribution in [2.75, 3.05) is 9.80 Å². The molecule has 0 N–H and O–H groups in total. The molecule has 152 valence electrons. The minimum Gasteiger partial charge on any atom is -0.305 e. The molecule has 5 heteroatoms. The van der Waals surface area contributed by atoms with Crippen LogP contribution in [0, 0.1) is 0 Å². The fourth-order valence-corrected chi connectivity index (χ4v) is 4.46. The fourth-order valence-electron chi connectivity index (χ4n) is 4.27. The topological polar surface area (TPSA) is 40.6 Å². The molecule has 0 fully saturated rings. The summed E-state index contributed by atoms with van der Waals surface area (Å²) >= 11 is 6.12. The Kier molecular flexibility index (Phi) is 5.60. The minimum absolute atomic E-state index is 0.0252. The van der Waals surface area contributed by atoms with Crippen LogP contribution in [-0.4, -0.2) is 17.9 Å².